The standard InChI is InChI=1S/C12H21N3O3/c1-6-18-11(16)10-9(4)15(14-13-10)7-12(5,17)8(2)3/h8,17H,6-7H2,1-5H3. The van der Waals surface area contributed by atoms with Crippen LogP contribution in [0.3, 0.4) is 0 Å². The number of carbonyl (C=O) groups excluding carboxylic acids is 1. The number of ether oxygens (including phenoxy) is 1. The molecule has 1 heterocycles. The monoisotopic (exact) mass is 255 g/mol. The van der Waals surface area contributed by atoms with Crippen molar-refractivity contribution in [1.29, 1.82) is 0 Å². The zero-order chi connectivity index (χ0) is 13.9. The molecule has 1 N–H and O–H groups in total. The summed E-state index contributed by atoms with van der Waals surface area (Å²) in [6, 6.07) is 0. The quantitative estimate of drug-likeness (QED) is 0.799. The van der Waals surface area contributed by atoms with Crippen molar-refractivity contribution in [3.63, 3.8) is 0 Å². The average Bonchev–Trinajstić information content (AvgIpc) is 2.60. The summed E-state index contributed by atoms with van der Waals surface area (Å²) in [6.45, 7) is 9.67. The Hall–Kier alpha value is -1.43. The largest absolute Gasteiger partial charge is 0.461 e. The van der Waals surface area contributed by atoms with Gasteiger partial charge in [-0.1, -0.05) is 19.1 Å². The molecule has 1 atom stereocenters. The Morgan fingerprint density at radius 3 is 2.67 bits per heavy atom. The van der Waals surface area contributed by atoms with Gasteiger partial charge in [0.1, 0.15) is 0 Å². The molecule has 0 amide bonds. The van der Waals surface area contributed by atoms with E-state index < -0.39 is 11.6 Å². The molecule has 1 unspecified atom stereocenters. The first-order valence-corrected chi connectivity index (χ1v) is 6.09. The van der Waals surface area contributed by atoms with E-state index in [9.17, 15) is 9.90 Å². The summed E-state index contributed by atoms with van der Waals surface area (Å²) in [5, 5.41) is 17.9. The second-order valence-electron chi connectivity index (χ2n) is 4.91. The van der Waals surface area contributed by atoms with E-state index >= 15 is 0 Å². The molecule has 102 valence electrons. The maximum atomic E-state index is 11.6. The van der Waals surface area contributed by atoms with Gasteiger partial charge in [0.2, 0.25) is 0 Å². The number of rotatable bonds is 5. The van der Waals surface area contributed by atoms with Crippen LogP contribution in [0.15, 0.2) is 0 Å². The maximum absolute atomic E-state index is 11.6. The number of aromatic nitrogens is 3. The molecule has 1 aromatic rings. The van der Waals surface area contributed by atoms with E-state index in [0.717, 1.165) is 0 Å². The second-order valence-corrected chi connectivity index (χ2v) is 4.91. The summed E-state index contributed by atoms with van der Waals surface area (Å²) in [5.41, 5.74) is -0.0875. The minimum Gasteiger partial charge on any atom is -0.461 e. The van der Waals surface area contributed by atoms with Gasteiger partial charge in [-0.05, 0) is 26.7 Å². The highest BCUT2D eigenvalue weighted by Crippen LogP contribution is 2.19. The van der Waals surface area contributed by atoms with Crippen molar-refractivity contribution in [2.75, 3.05) is 6.61 Å². The molecule has 1 aromatic heterocycles. The SMILES string of the molecule is CCOC(=O)c1nnn(CC(C)(O)C(C)C)c1C. The lowest BCUT2D eigenvalue weighted by atomic mass is 9.92. The van der Waals surface area contributed by atoms with E-state index in [1.54, 1.807) is 20.8 Å². The smallest absolute Gasteiger partial charge is 0.360 e. The van der Waals surface area contributed by atoms with Crippen LogP contribution in [0.5, 0.6) is 0 Å². The number of aliphatic hydroxyl groups is 1. The van der Waals surface area contributed by atoms with Crippen molar-refractivity contribution in [2.45, 2.75) is 46.8 Å². The van der Waals surface area contributed by atoms with E-state index in [-0.39, 0.29) is 11.6 Å². The minimum absolute atomic E-state index is 0.0761. The third kappa shape index (κ3) is 3.07. The lowest BCUT2D eigenvalue weighted by Crippen LogP contribution is -2.37. The van der Waals surface area contributed by atoms with Crippen molar-refractivity contribution >= 4 is 5.97 Å². The van der Waals surface area contributed by atoms with Gasteiger partial charge in [0, 0.05) is 0 Å². The molecular formula is C12H21N3O3. The Morgan fingerprint density at radius 1 is 1.56 bits per heavy atom. The number of hydrogen-bond donors (Lipinski definition) is 1. The van der Waals surface area contributed by atoms with Gasteiger partial charge in [0.15, 0.2) is 5.69 Å². The topological polar surface area (TPSA) is 77.2 Å². The third-order valence-corrected chi connectivity index (χ3v) is 3.17. The normalized spacial score (nSPS) is 14.6. The zero-order valence-electron chi connectivity index (χ0n) is 11.6. The fourth-order valence-electron chi connectivity index (χ4n) is 1.38. The maximum Gasteiger partial charge on any atom is 0.360 e. The Labute approximate surface area is 107 Å². The van der Waals surface area contributed by atoms with Crippen molar-refractivity contribution in [1.82, 2.24) is 15.0 Å². The predicted molar refractivity (Wildman–Crippen MR) is 66.2 cm³/mol. The molecule has 0 spiro atoms. The Kier molecular flexibility index (Phi) is 4.45. The van der Waals surface area contributed by atoms with Gasteiger partial charge in [0.05, 0.1) is 24.4 Å². The molecule has 0 radical (unpaired) electrons. The van der Waals surface area contributed by atoms with E-state index in [2.05, 4.69) is 10.3 Å². The average molecular weight is 255 g/mol. The molecule has 0 aromatic carbocycles. The van der Waals surface area contributed by atoms with E-state index in [4.69, 9.17) is 4.74 Å². The van der Waals surface area contributed by atoms with Gasteiger partial charge in [-0.3, -0.25) is 0 Å². The van der Waals surface area contributed by atoms with Gasteiger partial charge in [-0.15, -0.1) is 5.10 Å². The number of carbonyl (C=O) groups is 1. The summed E-state index contributed by atoms with van der Waals surface area (Å²) in [6.07, 6.45) is 0. The Balaban J connectivity index is 2.91. The van der Waals surface area contributed by atoms with Crippen LogP contribution in [-0.4, -0.2) is 38.3 Å². The number of hydrogen-bond acceptors (Lipinski definition) is 5. The lowest BCUT2D eigenvalue weighted by Gasteiger charge is -2.27. The highest BCUT2D eigenvalue weighted by atomic mass is 16.5. The van der Waals surface area contributed by atoms with Crippen LogP contribution >= 0.6 is 0 Å². The van der Waals surface area contributed by atoms with E-state index in [1.165, 1.54) is 4.68 Å². The molecule has 0 aliphatic heterocycles. The van der Waals surface area contributed by atoms with Crippen LogP contribution in [-0.2, 0) is 11.3 Å². The van der Waals surface area contributed by atoms with Gasteiger partial charge < -0.3 is 9.84 Å². The molecule has 18 heavy (non-hydrogen) atoms. The van der Waals surface area contributed by atoms with Crippen molar-refractivity contribution < 1.29 is 14.6 Å². The van der Waals surface area contributed by atoms with Gasteiger partial charge >= 0.3 is 5.97 Å². The summed E-state index contributed by atoms with van der Waals surface area (Å²) in [7, 11) is 0. The van der Waals surface area contributed by atoms with Crippen LogP contribution in [0.1, 0.15) is 43.9 Å². The first-order valence-electron chi connectivity index (χ1n) is 6.09. The van der Waals surface area contributed by atoms with E-state index in [1.807, 2.05) is 13.8 Å². The van der Waals surface area contributed by atoms with Gasteiger partial charge in [-0.25, -0.2) is 9.48 Å². The van der Waals surface area contributed by atoms with Crippen LogP contribution < -0.4 is 0 Å². The first kappa shape index (κ1) is 14.6. The number of esters is 1. The van der Waals surface area contributed by atoms with Crippen molar-refractivity contribution in [3.05, 3.63) is 11.4 Å². The van der Waals surface area contributed by atoms with Gasteiger partial charge in [0.25, 0.3) is 0 Å². The fraction of sp³-hybridized carbons (Fsp3) is 0.750. The molecule has 0 aliphatic carbocycles. The van der Waals surface area contributed by atoms with Crippen molar-refractivity contribution in [3.8, 4) is 0 Å². The van der Waals surface area contributed by atoms with Crippen molar-refractivity contribution in [2.24, 2.45) is 5.92 Å². The van der Waals surface area contributed by atoms with Crippen LogP contribution in [0.2, 0.25) is 0 Å². The molecule has 0 bridgehead atoms. The fourth-order valence-corrected chi connectivity index (χ4v) is 1.38. The molecule has 6 nitrogen and oxygen atoms in total. The highest BCUT2D eigenvalue weighted by molar-refractivity contribution is 5.88. The summed E-state index contributed by atoms with van der Waals surface area (Å²) < 4.78 is 6.42. The summed E-state index contributed by atoms with van der Waals surface area (Å²) in [4.78, 5) is 11.6. The lowest BCUT2D eigenvalue weighted by molar-refractivity contribution is -0.00665. The Morgan fingerprint density at radius 2 is 2.17 bits per heavy atom. The highest BCUT2D eigenvalue weighted by Gasteiger charge is 2.28. The molecular weight excluding hydrogens is 234 g/mol. The number of nitrogens with zero attached hydrogens (tertiary/aromatic N) is 3. The van der Waals surface area contributed by atoms with Crippen LogP contribution in [0, 0.1) is 12.8 Å². The molecule has 0 saturated carbocycles. The second kappa shape index (κ2) is 5.48. The minimum atomic E-state index is -0.898. The van der Waals surface area contributed by atoms with Crippen LogP contribution in [0.4, 0.5) is 0 Å². The predicted octanol–water partition coefficient (Wildman–Crippen LogP) is 1.17. The molecule has 0 aliphatic rings. The van der Waals surface area contributed by atoms with Gasteiger partial charge in [-0.2, -0.15) is 0 Å². The molecule has 0 saturated heterocycles. The summed E-state index contributed by atoms with van der Waals surface area (Å²) in [5.74, 6) is -0.405. The molecule has 0 fully saturated rings. The zero-order valence-corrected chi connectivity index (χ0v) is 11.6. The molecule has 6 heteroatoms. The summed E-state index contributed by atoms with van der Waals surface area (Å²) >= 11 is 0. The van der Waals surface area contributed by atoms with E-state index in [0.29, 0.717) is 18.8 Å². The third-order valence-electron chi connectivity index (χ3n) is 3.17. The van der Waals surface area contributed by atoms with Crippen LogP contribution in [0.25, 0.3) is 0 Å². The Bertz CT molecular complexity index is 424. The molecule has 1 rings (SSSR count). The first-order chi connectivity index (χ1) is 8.29.